The van der Waals surface area contributed by atoms with Crippen LogP contribution in [0.3, 0.4) is 0 Å². The maximum atomic E-state index is 12.7. The SMILES string of the molecule is Cc1sc2ncn(CCC(=O)NC3CCc4ccccc43)c(=O)c2c1C. The summed E-state index contributed by atoms with van der Waals surface area (Å²) in [6, 6.07) is 8.32. The zero-order valence-corrected chi connectivity index (χ0v) is 15.7. The number of thiophene rings is 1. The topological polar surface area (TPSA) is 64.0 Å². The number of rotatable bonds is 4. The Bertz CT molecular complexity index is 1050. The van der Waals surface area contributed by atoms with Gasteiger partial charge in [-0.1, -0.05) is 24.3 Å². The minimum atomic E-state index is -0.0594. The van der Waals surface area contributed by atoms with Crippen molar-refractivity contribution in [1.29, 1.82) is 0 Å². The highest BCUT2D eigenvalue weighted by Crippen LogP contribution is 2.30. The summed E-state index contributed by atoms with van der Waals surface area (Å²) in [6.07, 6.45) is 3.76. The third kappa shape index (κ3) is 2.94. The smallest absolute Gasteiger partial charge is 0.262 e. The maximum Gasteiger partial charge on any atom is 0.262 e. The number of benzene rings is 1. The minimum Gasteiger partial charge on any atom is -0.349 e. The fourth-order valence-corrected chi connectivity index (χ4v) is 4.61. The van der Waals surface area contributed by atoms with Crippen molar-refractivity contribution in [2.24, 2.45) is 0 Å². The molecule has 1 unspecified atom stereocenters. The van der Waals surface area contributed by atoms with E-state index in [1.54, 1.807) is 10.9 Å². The van der Waals surface area contributed by atoms with Crippen LogP contribution in [0.4, 0.5) is 0 Å². The number of hydrogen-bond donors (Lipinski definition) is 1. The van der Waals surface area contributed by atoms with E-state index in [4.69, 9.17) is 0 Å². The number of hydrogen-bond acceptors (Lipinski definition) is 4. The van der Waals surface area contributed by atoms with Gasteiger partial charge < -0.3 is 5.32 Å². The minimum absolute atomic E-state index is 0.0306. The van der Waals surface area contributed by atoms with E-state index in [2.05, 4.69) is 22.4 Å². The largest absolute Gasteiger partial charge is 0.349 e. The van der Waals surface area contributed by atoms with Crippen LogP contribution in [0.1, 0.15) is 40.5 Å². The van der Waals surface area contributed by atoms with Gasteiger partial charge in [0.15, 0.2) is 0 Å². The molecule has 1 aliphatic rings. The summed E-state index contributed by atoms with van der Waals surface area (Å²) in [5.74, 6) is -0.0306. The van der Waals surface area contributed by atoms with Crippen molar-refractivity contribution in [3.05, 3.63) is 62.5 Å². The second-order valence-corrected chi connectivity index (χ2v) is 8.02. The predicted octanol–water partition coefficient (Wildman–Crippen LogP) is 3.27. The molecule has 0 radical (unpaired) electrons. The van der Waals surface area contributed by atoms with E-state index in [-0.39, 0.29) is 23.9 Å². The molecule has 1 N–H and O–H groups in total. The molecule has 6 heteroatoms. The van der Waals surface area contributed by atoms with E-state index in [1.807, 2.05) is 26.0 Å². The van der Waals surface area contributed by atoms with Gasteiger partial charge in [0, 0.05) is 17.8 Å². The van der Waals surface area contributed by atoms with Crippen LogP contribution in [0.25, 0.3) is 10.2 Å². The van der Waals surface area contributed by atoms with Crippen molar-refractivity contribution in [3.63, 3.8) is 0 Å². The first kappa shape index (κ1) is 17.0. The molecule has 0 fully saturated rings. The Morgan fingerprint density at radius 2 is 2.15 bits per heavy atom. The van der Waals surface area contributed by atoms with Gasteiger partial charge in [-0.15, -0.1) is 11.3 Å². The first-order valence-corrected chi connectivity index (χ1v) is 9.68. The standard InChI is InChI=1S/C20H21N3O2S/c1-12-13(2)26-19-18(12)20(25)23(11-21-19)10-9-17(24)22-16-8-7-14-5-3-4-6-15(14)16/h3-6,11,16H,7-10H2,1-2H3,(H,22,24). The van der Waals surface area contributed by atoms with Crippen molar-refractivity contribution < 1.29 is 4.79 Å². The summed E-state index contributed by atoms with van der Waals surface area (Å²) in [6.45, 7) is 4.29. The summed E-state index contributed by atoms with van der Waals surface area (Å²) in [5, 5.41) is 3.79. The number of nitrogens with one attached hydrogen (secondary N) is 1. The number of amides is 1. The third-order valence-corrected chi connectivity index (χ3v) is 6.32. The fourth-order valence-electron chi connectivity index (χ4n) is 3.62. The second kappa shape index (κ2) is 6.68. The maximum absolute atomic E-state index is 12.7. The lowest BCUT2D eigenvalue weighted by molar-refractivity contribution is -0.122. The molecule has 1 aliphatic carbocycles. The van der Waals surface area contributed by atoms with Gasteiger partial charge in [-0.05, 0) is 43.4 Å². The first-order valence-electron chi connectivity index (χ1n) is 8.87. The van der Waals surface area contributed by atoms with E-state index in [0.717, 1.165) is 28.1 Å². The Hall–Kier alpha value is -2.47. The van der Waals surface area contributed by atoms with Crippen LogP contribution in [0.2, 0.25) is 0 Å². The molecule has 1 amide bonds. The Balaban J connectivity index is 1.45. The zero-order valence-electron chi connectivity index (χ0n) is 14.9. The van der Waals surface area contributed by atoms with Crippen LogP contribution in [0, 0.1) is 13.8 Å². The molecule has 1 atom stereocenters. The summed E-state index contributed by atoms with van der Waals surface area (Å²) in [4.78, 5) is 31.3. The van der Waals surface area contributed by atoms with Crippen molar-refractivity contribution >= 4 is 27.5 Å². The number of carbonyl (C=O) groups is 1. The monoisotopic (exact) mass is 367 g/mol. The zero-order chi connectivity index (χ0) is 18.3. The average molecular weight is 367 g/mol. The lowest BCUT2D eigenvalue weighted by Crippen LogP contribution is -2.29. The van der Waals surface area contributed by atoms with Crippen molar-refractivity contribution in [3.8, 4) is 0 Å². The molecular weight excluding hydrogens is 346 g/mol. The number of fused-ring (bicyclic) bond motifs is 2. The van der Waals surface area contributed by atoms with Gasteiger partial charge in [-0.3, -0.25) is 14.2 Å². The van der Waals surface area contributed by atoms with E-state index >= 15 is 0 Å². The Morgan fingerprint density at radius 3 is 3.00 bits per heavy atom. The molecular formula is C20H21N3O2S. The Morgan fingerprint density at radius 1 is 1.35 bits per heavy atom. The van der Waals surface area contributed by atoms with E-state index < -0.39 is 0 Å². The van der Waals surface area contributed by atoms with Gasteiger partial charge in [0.05, 0.1) is 17.8 Å². The molecule has 134 valence electrons. The van der Waals surface area contributed by atoms with Crippen LogP contribution < -0.4 is 10.9 Å². The van der Waals surface area contributed by atoms with Crippen molar-refractivity contribution in [1.82, 2.24) is 14.9 Å². The van der Waals surface area contributed by atoms with Crippen LogP contribution in [-0.4, -0.2) is 15.5 Å². The van der Waals surface area contributed by atoms with Crippen molar-refractivity contribution in [2.45, 2.75) is 45.7 Å². The Labute approximate surface area is 155 Å². The van der Waals surface area contributed by atoms with Gasteiger partial charge in [-0.2, -0.15) is 0 Å². The lowest BCUT2D eigenvalue weighted by Gasteiger charge is -2.14. The van der Waals surface area contributed by atoms with Gasteiger partial charge in [0.25, 0.3) is 5.56 Å². The highest BCUT2D eigenvalue weighted by Gasteiger charge is 2.23. The normalized spacial score (nSPS) is 16.0. The fraction of sp³-hybridized carbons (Fsp3) is 0.350. The molecule has 0 spiro atoms. The predicted molar refractivity (Wildman–Crippen MR) is 104 cm³/mol. The van der Waals surface area contributed by atoms with E-state index in [0.29, 0.717) is 11.9 Å². The molecule has 0 bridgehead atoms. The lowest BCUT2D eigenvalue weighted by atomic mass is 10.1. The van der Waals surface area contributed by atoms with Gasteiger partial charge in [-0.25, -0.2) is 4.98 Å². The molecule has 5 nitrogen and oxygen atoms in total. The number of aryl methyl sites for hydroxylation is 4. The molecule has 3 aromatic rings. The molecule has 26 heavy (non-hydrogen) atoms. The van der Waals surface area contributed by atoms with Crippen LogP contribution in [0.5, 0.6) is 0 Å². The molecule has 0 aliphatic heterocycles. The summed E-state index contributed by atoms with van der Waals surface area (Å²) in [7, 11) is 0. The molecule has 2 heterocycles. The van der Waals surface area contributed by atoms with E-state index in [9.17, 15) is 9.59 Å². The third-order valence-electron chi connectivity index (χ3n) is 5.20. The molecule has 4 rings (SSSR count). The highest BCUT2D eigenvalue weighted by atomic mass is 32.1. The molecule has 2 aromatic heterocycles. The Kier molecular flexibility index (Phi) is 4.36. The van der Waals surface area contributed by atoms with Gasteiger partial charge in [0.1, 0.15) is 4.83 Å². The van der Waals surface area contributed by atoms with Crippen LogP contribution in [-0.2, 0) is 17.8 Å². The second-order valence-electron chi connectivity index (χ2n) is 6.81. The summed E-state index contributed by atoms with van der Waals surface area (Å²) >= 11 is 1.54. The number of nitrogens with zero attached hydrogens (tertiary/aromatic N) is 2. The van der Waals surface area contributed by atoms with Crippen LogP contribution >= 0.6 is 11.3 Å². The molecule has 1 aromatic carbocycles. The highest BCUT2D eigenvalue weighted by molar-refractivity contribution is 7.18. The van der Waals surface area contributed by atoms with Crippen LogP contribution in [0.15, 0.2) is 35.4 Å². The number of aromatic nitrogens is 2. The van der Waals surface area contributed by atoms with Gasteiger partial charge in [0.2, 0.25) is 5.91 Å². The van der Waals surface area contributed by atoms with Gasteiger partial charge >= 0.3 is 0 Å². The average Bonchev–Trinajstić information content (AvgIpc) is 3.16. The molecule has 0 saturated heterocycles. The summed E-state index contributed by atoms with van der Waals surface area (Å²) < 4.78 is 1.55. The molecule has 0 saturated carbocycles. The van der Waals surface area contributed by atoms with E-state index in [1.165, 1.54) is 22.5 Å². The van der Waals surface area contributed by atoms with Crippen molar-refractivity contribution in [2.75, 3.05) is 0 Å². The number of carbonyl (C=O) groups excluding carboxylic acids is 1. The quantitative estimate of drug-likeness (QED) is 0.770. The summed E-state index contributed by atoms with van der Waals surface area (Å²) in [5.41, 5.74) is 3.46. The first-order chi connectivity index (χ1) is 12.5.